The molecule has 0 aliphatic carbocycles. The molecule has 3 aromatic heterocycles. The minimum absolute atomic E-state index is 0.0159. The van der Waals surface area contributed by atoms with Crippen LogP contribution in [0, 0.1) is 6.92 Å². The van der Waals surface area contributed by atoms with E-state index in [-0.39, 0.29) is 24.0 Å². The topological polar surface area (TPSA) is 114 Å². The number of carbonyl (C=O) groups is 1. The highest BCUT2D eigenvalue weighted by molar-refractivity contribution is 7.14. The van der Waals surface area contributed by atoms with Gasteiger partial charge in [0.15, 0.2) is 5.69 Å². The minimum atomic E-state index is -0.705. The lowest BCUT2D eigenvalue weighted by Gasteiger charge is -2.23. The second-order valence-corrected chi connectivity index (χ2v) is 7.67. The molecule has 3 rings (SSSR count). The number of nitrogens with one attached hydrogen (secondary N) is 1. The van der Waals surface area contributed by atoms with Crippen LogP contribution in [0.3, 0.4) is 0 Å². The van der Waals surface area contributed by atoms with Crippen LogP contribution in [0.2, 0.25) is 0 Å². The number of aromatic nitrogens is 2. The number of unbranched alkanes of at least 4 members (excludes halogenated alkanes) is 1. The third kappa shape index (κ3) is 3.94. The molecule has 0 radical (unpaired) electrons. The van der Waals surface area contributed by atoms with Crippen LogP contribution in [0.1, 0.15) is 40.1 Å². The molecule has 0 atom stereocenters. The summed E-state index contributed by atoms with van der Waals surface area (Å²) in [6.07, 6.45) is 3.05. The number of nitrogens with zero attached hydrogens (tertiary/aromatic N) is 2. The van der Waals surface area contributed by atoms with Crippen LogP contribution in [0.4, 0.5) is 11.5 Å². The summed E-state index contributed by atoms with van der Waals surface area (Å²) in [5.74, 6) is 0.0783. The van der Waals surface area contributed by atoms with Crippen molar-refractivity contribution < 1.29 is 9.21 Å². The Balaban J connectivity index is 2.13. The Labute approximate surface area is 165 Å². The van der Waals surface area contributed by atoms with Gasteiger partial charge in [-0.2, -0.15) is 0 Å². The predicted octanol–water partition coefficient (Wildman–Crippen LogP) is 2.73. The first kappa shape index (κ1) is 19.7. The molecule has 3 heterocycles. The Kier molecular flexibility index (Phi) is 5.84. The highest BCUT2D eigenvalue weighted by Crippen LogP contribution is 2.25. The number of furan rings is 1. The molecular formula is C19H22N4O4S. The third-order valence-electron chi connectivity index (χ3n) is 4.31. The average Bonchev–Trinajstić information content (AvgIpc) is 3.31. The van der Waals surface area contributed by atoms with E-state index in [4.69, 9.17) is 10.2 Å². The van der Waals surface area contributed by atoms with Crippen molar-refractivity contribution in [2.75, 3.05) is 10.6 Å². The third-order valence-corrected chi connectivity index (χ3v) is 5.30. The van der Waals surface area contributed by atoms with Gasteiger partial charge in [0.2, 0.25) is 0 Å². The van der Waals surface area contributed by atoms with E-state index < -0.39 is 11.2 Å². The van der Waals surface area contributed by atoms with E-state index in [1.165, 1.54) is 27.1 Å². The van der Waals surface area contributed by atoms with Crippen LogP contribution in [0.25, 0.3) is 0 Å². The Bertz CT molecular complexity index is 1080. The fourth-order valence-electron chi connectivity index (χ4n) is 2.87. The molecule has 0 unspecified atom stereocenters. The van der Waals surface area contributed by atoms with Crippen molar-refractivity contribution in [3.8, 4) is 0 Å². The first-order valence-electron chi connectivity index (χ1n) is 8.95. The molecular weight excluding hydrogens is 380 g/mol. The summed E-state index contributed by atoms with van der Waals surface area (Å²) in [4.78, 5) is 43.0. The van der Waals surface area contributed by atoms with E-state index in [9.17, 15) is 14.4 Å². The lowest BCUT2D eigenvalue weighted by Crippen LogP contribution is -2.40. The van der Waals surface area contributed by atoms with Gasteiger partial charge >= 0.3 is 5.69 Å². The summed E-state index contributed by atoms with van der Waals surface area (Å²) >= 11 is 1.32. The van der Waals surface area contributed by atoms with E-state index >= 15 is 0 Å². The SMILES string of the molecule is CCCCn1c(N)c(N(Cc2ccco2)C(=O)c2ccc(C)s2)c(=O)[nH]c1=O. The van der Waals surface area contributed by atoms with Gasteiger partial charge in [0, 0.05) is 11.4 Å². The van der Waals surface area contributed by atoms with E-state index in [0.717, 1.165) is 11.3 Å². The molecule has 0 aromatic carbocycles. The molecule has 0 saturated heterocycles. The monoisotopic (exact) mass is 402 g/mol. The standard InChI is InChI=1S/C19H22N4O4S/c1-3-4-9-22-16(20)15(17(24)21-19(22)26)23(11-13-6-5-10-27-13)18(25)14-8-7-12(2)28-14/h5-8,10H,3-4,9,11,20H2,1-2H3,(H,21,24,26). The maximum atomic E-state index is 13.2. The molecule has 0 spiro atoms. The summed E-state index contributed by atoms with van der Waals surface area (Å²) < 4.78 is 6.66. The lowest BCUT2D eigenvalue weighted by molar-refractivity contribution is 0.0986. The molecule has 8 nitrogen and oxygen atoms in total. The maximum absolute atomic E-state index is 13.2. The van der Waals surface area contributed by atoms with Crippen LogP contribution in [0.5, 0.6) is 0 Å². The highest BCUT2D eigenvalue weighted by Gasteiger charge is 2.27. The number of hydrogen-bond donors (Lipinski definition) is 2. The van der Waals surface area contributed by atoms with Crippen molar-refractivity contribution in [3.05, 3.63) is 66.9 Å². The summed E-state index contributed by atoms with van der Waals surface area (Å²) in [7, 11) is 0. The quantitative estimate of drug-likeness (QED) is 0.631. The normalized spacial score (nSPS) is 10.9. The van der Waals surface area contributed by atoms with Gasteiger partial charge in [-0.15, -0.1) is 11.3 Å². The van der Waals surface area contributed by atoms with Crippen molar-refractivity contribution in [2.24, 2.45) is 0 Å². The summed E-state index contributed by atoms with van der Waals surface area (Å²) in [5, 5.41) is 0. The van der Waals surface area contributed by atoms with Gasteiger partial charge in [0.25, 0.3) is 11.5 Å². The lowest BCUT2D eigenvalue weighted by atomic mass is 10.2. The van der Waals surface area contributed by atoms with Crippen LogP contribution in [-0.2, 0) is 13.1 Å². The zero-order valence-electron chi connectivity index (χ0n) is 15.7. The number of nitrogen functional groups attached to an aromatic ring is 1. The number of thiophene rings is 1. The first-order valence-corrected chi connectivity index (χ1v) is 9.77. The Hall–Kier alpha value is -3.07. The van der Waals surface area contributed by atoms with Gasteiger partial charge in [0.1, 0.15) is 11.6 Å². The zero-order valence-corrected chi connectivity index (χ0v) is 16.5. The van der Waals surface area contributed by atoms with Gasteiger partial charge < -0.3 is 10.2 Å². The summed E-state index contributed by atoms with van der Waals surface area (Å²) in [5.41, 5.74) is 4.85. The van der Waals surface area contributed by atoms with Crippen LogP contribution < -0.4 is 21.9 Å². The molecule has 148 valence electrons. The van der Waals surface area contributed by atoms with Crippen molar-refractivity contribution in [1.82, 2.24) is 9.55 Å². The molecule has 1 amide bonds. The second kappa shape index (κ2) is 8.30. The van der Waals surface area contributed by atoms with Crippen molar-refractivity contribution in [3.63, 3.8) is 0 Å². The maximum Gasteiger partial charge on any atom is 0.330 e. The molecule has 3 N–H and O–H groups in total. The van der Waals surface area contributed by atoms with Crippen LogP contribution >= 0.6 is 11.3 Å². The number of H-pyrrole nitrogens is 1. The van der Waals surface area contributed by atoms with Crippen molar-refractivity contribution in [1.29, 1.82) is 0 Å². The number of aromatic amines is 1. The molecule has 28 heavy (non-hydrogen) atoms. The Morgan fingerprint density at radius 1 is 1.32 bits per heavy atom. The molecule has 0 saturated carbocycles. The van der Waals surface area contributed by atoms with Crippen molar-refractivity contribution in [2.45, 2.75) is 39.8 Å². The number of hydrogen-bond acceptors (Lipinski definition) is 6. The Morgan fingerprint density at radius 2 is 2.11 bits per heavy atom. The molecule has 3 aromatic rings. The van der Waals surface area contributed by atoms with Crippen LogP contribution in [-0.4, -0.2) is 15.5 Å². The van der Waals surface area contributed by atoms with Crippen molar-refractivity contribution >= 4 is 28.7 Å². The fraction of sp³-hybridized carbons (Fsp3) is 0.316. The zero-order chi connectivity index (χ0) is 20.3. The number of rotatable bonds is 7. The Morgan fingerprint density at radius 3 is 2.71 bits per heavy atom. The number of carbonyl (C=O) groups excluding carboxylic acids is 1. The van der Waals surface area contributed by atoms with Gasteiger partial charge in [-0.1, -0.05) is 13.3 Å². The van der Waals surface area contributed by atoms with E-state index in [2.05, 4.69) is 4.98 Å². The largest absolute Gasteiger partial charge is 0.467 e. The number of aryl methyl sites for hydroxylation is 1. The number of amides is 1. The smallest absolute Gasteiger partial charge is 0.330 e. The van der Waals surface area contributed by atoms with Gasteiger partial charge in [-0.25, -0.2) is 4.79 Å². The molecule has 0 fully saturated rings. The van der Waals surface area contributed by atoms with E-state index in [1.807, 2.05) is 19.9 Å². The van der Waals surface area contributed by atoms with E-state index in [0.29, 0.717) is 23.6 Å². The fourth-order valence-corrected chi connectivity index (χ4v) is 3.69. The molecule has 0 bridgehead atoms. The summed E-state index contributed by atoms with van der Waals surface area (Å²) in [6.45, 7) is 4.25. The summed E-state index contributed by atoms with van der Waals surface area (Å²) in [6, 6.07) is 6.94. The average molecular weight is 402 g/mol. The molecule has 9 heteroatoms. The first-order chi connectivity index (χ1) is 13.4. The minimum Gasteiger partial charge on any atom is -0.467 e. The molecule has 0 aliphatic heterocycles. The van der Waals surface area contributed by atoms with Gasteiger partial charge in [-0.05, 0) is 37.6 Å². The van der Waals surface area contributed by atoms with Gasteiger partial charge in [-0.3, -0.25) is 24.0 Å². The second-order valence-electron chi connectivity index (χ2n) is 6.38. The highest BCUT2D eigenvalue weighted by atomic mass is 32.1. The molecule has 0 aliphatic rings. The van der Waals surface area contributed by atoms with E-state index in [1.54, 1.807) is 18.2 Å². The predicted molar refractivity (Wildman–Crippen MR) is 109 cm³/mol. The number of nitrogens with two attached hydrogens (primary N) is 1. The van der Waals surface area contributed by atoms with Gasteiger partial charge in [0.05, 0.1) is 17.7 Å². The van der Waals surface area contributed by atoms with Crippen LogP contribution in [0.15, 0.2) is 44.5 Å². The number of anilines is 2.